The standard InChI is InChI=1S/C17H23N3O5/c1-5-7-11-15(22)20(17(24)19-11)8-12(21)14-9(3)13(10(4)18-14)16(23)25-6-2/h11,18H,5-8H2,1-4H3,(H,19,24). The number of nitrogens with zero attached hydrogens (tertiary/aromatic N) is 1. The average Bonchev–Trinajstić information content (AvgIpc) is 2.98. The predicted octanol–water partition coefficient (Wildman–Crippen LogP) is 1.71. The number of rotatable bonds is 7. The van der Waals surface area contributed by atoms with Gasteiger partial charge >= 0.3 is 12.0 Å². The number of ether oxygens (including phenoxy) is 1. The van der Waals surface area contributed by atoms with Crippen LogP contribution in [0, 0.1) is 13.8 Å². The Kier molecular flexibility index (Phi) is 5.61. The molecule has 1 aromatic rings. The van der Waals surface area contributed by atoms with Crippen molar-refractivity contribution in [2.45, 2.75) is 46.6 Å². The highest BCUT2D eigenvalue weighted by atomic mass is 16.5. The highest BCUT2D eigenvalue weighted by Crippen LogP contribution is 2.20. The van der Waals surface area contributed by atoms with E-state index in [1.165, 1.54) is 0 Å². The summed E-state index contributed by atoms with van der Waals surface area (Å²) < 4.78 is 4.99. The van der Waals surface area contributed by atoms with Gasteiger partial charge in [0.25, 0.3) is 5.91 Å². The molecule has 1 aliphatic heterocycles. The molecule has 1 atom stereocenters. The van der Waals surface area contributed by atoms with E-state index < -0.39 is 29.7 Å². The first kappa shape index (κ1) is 18.7. The molecule has 0 bridgehead atoms. The zero-order valence-electron chi connectivity index (χ0n) is 14.9. The third-order valence-electron chi connectivity index (χ3n) is 4.18. The van der Waals surface area contributed by atoms with Crippen LogP contribution in [0.25, 0.3) is 0 Å². The number of Topliss-reactive ketones (excluding diaryl/α,β-unsaturated/α-hetero) is 1. The second-order valence-electron chi connectivity index (χ2n) is 5.98. The van der Waals surface area contributed by atoms with Crippen molar-refractivity contribution in [1.82, 2.24) is 15.2 Å². The smallest absolute Gasteiger partial charge is 0.340 e. The lowest BCUT2D eigenvalue weighted by molar-refractivity contribution is -0.127. The Morgan fingerprint density at radius 3 is 2.48 bits per heavy atom. The number of ketones is 1. The minimum absolute atomic E-state index is 0.208. The molecule has 0 spiro atoms. The summed E-state index contributed by atoms with van der Waals surface area (Å²) in [5, 5.41) is 2.58. The van der Waals surface area contributed by atoms with E-state index in [2.05, 4.69) is 10.3 Å². The zero-order chi connectivity index (χ0) is 18.7. The van der Waals surface area contributed by atoms with Crippen molar-refractivity contribution < 1.29 is 23.9 Å². The second kappa shape index (κ2) is 7.50. The maximum Gasteiger partial charge on any atom is 0.340 e. The van der Waals surface area contributed by atoms with Crippen LogP contribution in [-0.4, -0.2) is 52.8 Å². The van der Waals surface area contributed by atoms with Crippen molar-refractivity contribution in [2.75, 3.05) is 13.2 Å². The molecule has 8 heteroatoms. The molecule has 1 aliphatic rings. The molecule has 2 rings (SSSR count). The van der Waals surface area contributed by atoms with Crippen molar-refractivity contribution in [3.05, 3.63) is 22.5 Å². The van der Waals surface area contributed by atoms with Crippen LogP contribution in [0.15, 0.2) is 0 Å². The van der Waals surface area contributed by atoms with Crippen molar-refractivity contribution >= 4 is 23.7 Å². The van der Waals surface area contributed by atoms with E-state index in [-0.39, 0.29) is 18.8 Å². The number of aryl methyl sites for hydroxylation is 1. The van der Waals surface area contributed by atoms with Crippen LogP contribution in [0.5, 0.6) is 0 Å². The number of aromatic nitrogens is 1. The van der Waals surface area contributed by atoms with Crippen LogP contribution < -0.4 is 5.32 Å². The fraction of sp³-hybridized carbons (Fsp3) is 0.529. The van der Waals surface area contributed by atoms with E-state index in [1.807, 2.05) is 6.92 Å². The van der Waals surface area contributed by atoms with Crippen LogP contribution in [0.3, 0.4) is 0 Å². The lowest BCUT2D eigenvalue weighted by atomic mass is 10.1. The number of carbonyl (C=O) groups is 4. The van der Waals surface area contributed by atoms with Gasteiger partial charge in [-0.05, 0) is 32.8 Å². The van der Waals surface area contributed by atoms with Crippen LogP contribution >= 0.6 is 0 Å². The molecule has 1 aromatic heterocycles. The van der Waals surface area contributed by atoms with Gasteiger partial charge in [0.1, 0.15) is 6.04 Å². The normalized spacial score (nSPS) is 17.0. The van der Waals surface area contributed by atoms with Crippen molar-refractivity contribution in [3.8, 4) is 0 Å². The molecule has 0 radical (unpaired) electrons. The van der Waals surface area contributed by atoms with E-state index in [0.29, 0.717) is 23.2 Å². The van der Waals surface area contributed by atoms with Gasteiger partial charge in [0.05, 0.1) is 24.4 Å². The number of hydrogen-bond acceptors (Lipinski definition) is 5. The number of urea groups is 1. The number of amides is 3. The lowest BCUT2D eigenvalue weighted by Gasteiger charge is -2.12. The van der Waals surface area contributed by atoms with E-state index in [4.69, 9.17) is 4.74 Å². The monoisotopic (exact) mass is 349 g/mol. The Morgan fingerprint density at radius 2 is 1.88 bits per heavy atom. The van der Waals surface area contributed by atoms with Gasteiger partial charge in [0, 0.05) is 5.69 Å². The second-order valence-corrected chi connectivity index (χ2v) is 5.98. The Morgan fingerprint density at radius 1 is 1.20 bits per heavy atom. The fourth-order valence-corrected chi connectivity index (χ4v) is 2.97. The lowest BCUT2D eigenvalue weighted by Crippen LogP contribution is -2.36. The van der Waals surface area contributed by atoms with Gasteiger partial charge in [0.15, 0.2) is 5.78 Å². The molecule has 1 saturated heterocycles. The Hall–Kier alpha value is -2.64. The van der Waals surface area contributed by atoms with Crippen LogP contribution in [0.4, 0.5) is 4.79 Å². The number of aromatic amines is 1. The predicted molar refractivity (Wildman–Crippen MR) is 89.5 cm³/mol. The van der Waals surface area contributed by atoms with Crippen LogP contribution in [-0.2, 0) is 9.53 Å². The third-order valence-corrected chi connectivity index (χ3v) is 4.18. The maximum atomic E-state index is 12.6. The van der Waals surface area contributed by atoms with E-state index in [0.717, 1.165) is 11.3 Å². The summed E-state index contributed by atoms with van der Waals surface area (Å²) in [5.41, 5.74) is 1.49. The number of esters is 1. The number of imide groups is 1. The summed E-state index contributed by atoms with van der Waals surface area (Å²) in [6, 6.07) is -1.14. The molecule has 1 fully saturated rings. The highest BCUT2D eigenvalue weighted by Gasteiger charge is 2.38. The molecule has 2 heterocycles. The summed E-state index contributed by atoms with van der Waals surface area (Å²) in [6.07, 6.45) is 1.28. The molecule has 0 saturated carbocycles. The quantitative estimate of drug-likeness (QED) is 0.442. The molecule has 0 aromatic carbocycles. The van der Waals surface area contributed by atoms with Gasteiger partial charge in [-0.2, -0.15) is 0 Å². The fourth-order valence-electron chi connectivity index (χ4n) is 2.97. The van der Waals surface area contributed by atoms with E-state index in [1.54, 1.807) is 20.8 Å². The van der Waals surface area contributed by atoms with E-state index in [9.17, 15) is 19.2 Å². The van der Waals surface area contributed by atoms with Crippen molar-refractivity contribution in [1.29, 1.82) is 0 Å². The Bertz CT molecular complexity index is 722. The third kappa shape index (κ3) is 3.57. The molecule has 1 unspecified atom stereocenters. The van der Waals surface area contributed by atoms with Crippen molar-refractivity contribution in [3.63, 3.8) is 0 Å². The van der Waals surface area contributed by atoms with Gasteiger partial charge in [-0.1, -0.05) is 13.3 Å². The number of H-pyrrole nitrogens is 1. The Labute approximate surface area is 145 Å². The summed E-state index contributed by atoms with van der Waals surface area (Å²) >= 11 is 0. The molecule has 2 N–H and O–H groups in total. The van der Waals surface area contributed by atoms with Crippen LogP contribution in [0.1, 0.15) is 58.8 Å². The molecular weight excluding hydrogens is 326 g/mol. The first-order chi connectivity index (χ1) is 11.8. The molecule has 136 valence electrons. The van der Waals surface area contributed by atoms with E-state index >= 15 is 0 Å². The largest absolute Gasteiger partial charge is 0.462 e. The number of nitrogens with one attached hydrogen (secondary N) is 2. The zero-order valence-corrected chi connectivity index (χ0v) is 14.9. The SMILES string of the molecule is CCCC1NC(=O)N(CC(=O)c2[nH]c(C)c(C(=O)OCC)c2C)C1=O. The molecule has 3 amide bonds. The van der Waals surface area contributed by atoms with Gasteiger partial charge in [-0.3, -0.25) is 14.5 Å². The van der Waals surface area contributed by atoms with Gasteiger partial charge in [-0.25, -0.2) is 9.59 Å². The van der Waals surface area contributed by atoms with Gasteiger partial charge < -0.3 is 15.0 Å². The topological polar surface area (TPSA) is 109 Å². The summed E-state index contributed by atoms with van der Waals surface area (Å²) in [6.45, 7) is 6.78. The number of hydrogen-bond donors (Lipinski definition) is 2. The summed E-state index contributed by atoms with van der Waals surface area (Å²) in [5.74, 6) is -1.34. The first-order valence-corrected chi connectivity index (χ1v) is 8.33. The molecular formula is C17H23N3O5. The maximum absolute atomic E-state index is 12.6. The summed E-state index contributed by atoms with van der Waals surface area (Å²) in [4.78, 5) is 52.5. The van der Waals surface area contributed by atoms with Gasteiger partial charge in [-0.15, -0.1) is 0 Å². The minimum Gasteiger partial charge on any atom is -0.462 e. The van der Waals surface area contributed by atoms with Crippen LogP contribution in [0.2, 0.25) is 0 Å². The molecule has 0 aliphatic carbocycles. The average molecular weight is 349 g/mol. The number of carbonyl (C=O) groups excluding carboxylic acids is 4. The minimum atomic E-state index is -0.577. The molecule has 25 heavy (non-hydrogen) atoms. The molecule has 8 nitrogen and oxygen atoms in total. The van der Waals surface area contributed by atoms with Crippen molar-refractivity contribution in [2.24, 2.45) is 0 Å². The highest BCUT2D eigenvalue weighted by molar-refractivity contribution is 6.10. The van der Waals surface area contributed by atoms with Gasteiger partial charge in [0.2, 0.25) is 0 Å². The summed E-state index contributed by atoms with van der Waals surface area (Å²) in [7, 11) is 0. The Balaban J connectivity index is 2.19. The first-order valence-electron chi connectivity index (χ1n) is 8.33.